The SMILES string of the molecule is Cc1ccc(S(=O)(=O)N(CC(=O)Nc2cc(Cl)cc(Cl)c2)c2cc(C)ccc2C)cc1. The number of carbonyl (C=O) groups excluding carboxylic acids is 1. The Kier molecular flexibility index (Phi) is 6.94. The van der Waals surface area contributed by atoms with Gasteiger partial charge in [-0.05, 0) is 68.3 Å². The molecule has 0 atom stereocenters. The second-order valence-electron chi connectivity index (χ2n) is 7.32. The van der Waals surface area contributed by atoms with Crippen LogP contribution in [0.5, 0.6) is 0 Å². The van der Waals surface area contributed by atoms with Gasteiger partial charge in [0.05, 0.1) is 10.6 Å². The van der Waals surface area contributed by atoms with Gasteiger partial charge in [-0.3, -0.25) is 9.10 Å². The first-order valence-corrected chi connectivity index (χ1v) is 11.7. The molecule has 3 aromatic carbocycles. The number of carbonyl (C=O) groups is 1. The topological polar surface area (TPSA) is 66.5 Å². The van der Waals surface area contributed by atoms with Gasteiger partial charge in [0.15, 0.2) is 0 Å². The predicted molar refractivity (Wildman–Crippen MR) is 127 cm³/mol. The lowest BCUT2D eigenvalue weighted by molar-refractivity contribution is -0.114. The van der Waals surface area contributed by atoms with Crippen molar-refractivity contribution in [3.63, 3.8) is 0 Å². The van der Waals surface area contributed by atoms with Crippen LogP contribution in [-0.4, -0.2) is 20.9 Å². The van der Waals surface area contributed by atoms with E-state index in [0.717, 1.165) is 21.0 Å². The summed E-state index contributed by atoms with van der Waals surface area (Å²) in [6, 6.07) is 16.6. The number of nitrogens with zero attached hydrogens (tertiary/aromatic N) is 1. The summed E-state index contributed by atoms with van der Waals surface area (Å²) in [7, 11) is -3.99. The van der Waals surface area contributed by atoms with Crippen LogP contribution in [-0.2, 0) is 14.8 Å². The normalized spacial score (nSPS) is 11.3. The van der Waals surface area contributed by atoms with E-state index in [9.17, 15) is 13.2 Å². The van der Waals surface area contributed by atoms with Gasteiger partial charge in [-0.1, -0.05) is 53.0 Å². The van der Waals surface area contributed by atoms with Gasteiger partial charge in [0, 0.05) is 15.7 Å². The lowest BCUT2D eigenvalue weighted by Gasteiger charge is -2.26. The van der Waals surface area contributed by atoms with Gasteiger partial charge in [0.2, 0.25) is 5.91 Å². The van der Waals surface area contributed by atoms with E-state index in [1.54, 1.807) is 43.3 Å². The van der Waals surface area contributed by atoms with Crippen LogP contribution in [0.15, 0.2) is 65.6 Å². The zero-order valence-corrected chi connectivity index (χ0v) is 19.6. The molecule has 0 saturated carbocycles. The van der Waals surface area contributed by atoms with Crippen LogP contribution in [0.3, 0.4) is 0 Å². The van der Waals surface area contributed by atoms with Crippen molar-refractivity contribution < 1.29 is 13.2 Å². The molecule has 0 saturated heterocycles. The van der Waals surface area contributed by atoms with Crippen molar-refractivity contribution in [3.8, 4) is 0 Å². The van der Waals surface area contributed by atoms with Gasteiger partial charge in [-0.2, -0.15) is 0 Å². The van der Waals surface area contributed by atoms with E-state index in [-0.39, 0.29) is 4.90 Å². The van der Waals surface area contributed by atoms with Crippen molar-refractivity contribution in [1.29, 1.82) is 0 Å². The van der Waals surface area contributed by atoms with Crippen LogP contribution >= 0.6 is 23.2 Å². The quantitative estimate of drug-likeness (QED) is 0.492. The number of nitrogens with one attached hydrogen (secondary N) is 1. The minimum atomic E-state index is -3.99. The molecule has 0 aliphatic rings. The summed E-state index contributed by atoms with van der Waals surface area (Å²) in [4.78, 5) is 13.0. The number of amides is 1. The van der Waals surface area contributed by atoms with Crippen molar-refractivity contribution in [2.24, 2.45) is 0 Å². The number of hydrogen-bond acceptors (Lipinski definition) is 3. The fourth-order valence-corrected chi connectivity index (χ4v) is 5.09. The molecule has 162 valence electrons. The highest BCUT2D eigenvalue weighted by Crippen LogP contribution is 2.28. The fraction of sp³-hybridized carbons (Fsp3) is 0.174. The van der Waals surface area contributed by atoms with Crippen molar-refractivity contribution in [1.82, 2.24) is 0 Å². The molecular formula is C23H22Cl2N2O3S. The second kappa shape index (κ2) is 9.30. The summed E-state index contributed by atoms with van der Waals surface area (Å²) in [6.07, 6.45) is 0. The van der Waals surface area contributed by atoms with Crippen molar-refractivity contribution >= 4 is 50.5 Å². The van der Waals surface area contributed by atoms with Crippen LogP contribution in [0, 0.1) is 20.8 Å². The maximum absolute atomic E-state index is 13.5. The van der Waals surface area contributed by atoms with E-state index in [0.29, 0.717) is 21.4 Å². The smallest absolute Gasteiger partial charge is 0.264 e. The lowest BCUT2D eigenvalue weighted by Crippen LogP contribution is -2.38. The van der Waals surface area contributed by atoms with Gasteiger partial charge in [-0.25, -0.2) is 8.42 Å². The second-order valence-corrected chi connectivity index (χ2v) is 10.1. The Morgan fingerprint density at radius 2 is 1.45 bits per heavy atom. The Labute approximate surface area is 192 Å². The Bertz CT molecular complexity index is 1210. The molecule has 0 heterocycles. The Morgan fingerprint density at radius 1 is 0.871 bits per heavy atom. The number of aryl methyl sites for hydroxylation is 3. The molecule has 5 nitrogen and oxygen atoms in total. The third kappa shape index (κ3) is 5.58. The summed E-state index contributed by atoms with van der Waals surface area (Å²) < 4.78 is 28.1. The van der Waals surface area contributed by atoms with E-state index in [1.807, 2.05) is 26.0 Å². The van der Waals surface area contributed by atoms with Crippen LogP contribution in [0.25, 0.3) is 0 Å². The highest BCUT2D eigenvalue weighted by Gasteiger charge is 2.28. The molecule has 0 fully saturated rings. The molecule has 0 spiro atoms. The molecular weight excluding hydrogens is 455 g/mol. The number of hydrogen-bond donors (Lipinski definition) is 1. The molecule has 0 aromatic heterocycles. The largest absolute Gasteiger partial charge is 0.324 e. The first kappa shape index (κ1) is 23.1. The molecule has 0 bridgehead atoms. The van der Waals surface area contributed by atoms with Gasteiger partial charge < -0.3 is 5.32 Å². The minimum Gasteiger partial charge on any atom is -0.324 e. The van der Waals surface area contributed by atoms with Gasteiger partial charge >= 0.3 is 0 Å². The minimum absolute atomic E-state index is 0.109. The van der Waals surface area contributed by atoms with Crippen LogP contribution in [0.4, 0.5) is 11.4 Å². The Balaban J connectivity index is 2.00. The van der Waals surface area contributed by atoms with Crippen molar-refractivity contribution in [3.05, 3.63) is 87.4 Å². The zero-order valence-electron chi connectivity index (χ0n) is 17.3. The summed E-state index contributed by atoms with van der Waals surface area (Å²) in [5.74, 6) is -0.519. The fourth-order valence-electron chi connectivity index (χ4n) is 3.08. The molecule has 31 heavy (non-hydrogen) atoms. The molecule has 0 unspecified atom stereocenters. The number of rotatable bonds is 6. The number of anilines is 2. The predicted octanol–water partition coefficient (Wildman–Crippen LogP) is 5.75. The third-order valence-electron chi connectivity index (χ3n) is 4.68. The van der Waals surface area contributed by atoms with Crippen LogP contribution in [0.2, 0.25) is 10.0 Å². The van der Waals surface area contributed by atoms with Crippen molar-refractivity contribution in [2.45, 2.75) is 25.7 Å². The number of sulfonamides is 1. The number of halogens is 2. The maximum Gasteiger partial charge on any atom is 0.264 e. The Hall–Kier alpha value is -2.54. The van der Waals surface area contributed by atoms with E-state index in [2.05, 4.69) is 5.32 Å². The van der Waals surface area contributed by atoms with E-state index < -0.39 is 22.5 Å². The average Bonchev–Trinajstić information content (AvgIpc) is 2.67. The third-order valence-corrected chi connectivity index (χ3v) is 6.89. The summed E-state index contributed by atoms with van der Waals surface area (Å²) in [5.41, 5.74) is 3.38. The summed E-state index contributed by atoms with van der Waals surface area (Å²) >= 11 is 12.0. The average molecular weight is 477 g/mol. The molecule has 3 aromatic rings. The number of benzene rings is 3. The van der Waals surface area contributed by atoms with Gasteiger partial charge in [0.1, 0.15) is 6.54 Å². The Morgan fingerprint density at radius 3 is 2.06 bits per heavy atom. The summed E-state index contributed by atoms with van der Waals surface area (Å²) in [5, 5.41) is 3.40. The molecule has 0 radical (unpaired) electrons. The molecule has 1 N–H and O–H groups in total. The molecule has 1 amide bonds. The van der Waals surface area contributed by atoms with Crippen molar-refractivity contribution in [2.75, 3.05) is 16.2 Å². The molecule has 8 heteroatoms. The first-order chi connectivity index (χ1) is 14.6. The van der Waals surface area contributed by atoms with Crippen LogP contribution in [0.1, 0.15) is 16.7 Å². The van der Waals surface area contributed by atoms with E-state index in [4.69, 9.17) is 23.2 Å². The standard InChI is InChI=1S/C23H22Cl2N2O3S/c1-15-5-8-21(9-6-15)31(29,30)27(22-10-16(2)4-7-17(22)3)14-23(28)26-20-12-18(24)11-19(25)13-20/h4-13H,14H2,1-3H3,(H,26,28). The highest BCUT2D eigenvalue weighted by atomic mass is 35.5. The summed E-state index contributed by atoms with van der Waals surface area (Å²) in [6.45, 7) is 5.14. The van der Waals surface area contributed by atoms with Gasteiger partial charge in [0.25, 0.3) is 10.0 Å². The lowest BCUT2D eigenvalue weighted by atomic mass is 10.1. The maximum atomic E-state index is 13.5. The first-order valence-electron chi connectivity index (χ1n) is 9.49. The molecule has 0 aliphatic carbocycles. The van der Waals surface area contributed by atoms with E-state index in [1.165, 1.54) is 12.1 Å². The van der Waals surface area contributed by atoms with E-state index >= 15 is 0 Å². The van der Waals surface area contributed by atoms with Gasteiger partial charge in [-0.15, -0.1) is 0 Å². The highest BCUT2D eigenvalue weighted by molar-refractivity contribution is 7.92. The molecule has 0 aliphatic heterocycles. The monoisotopic (exact) mass is 476 g/mol. The zero-order chi connectivity index (χ0) is 22.8. The molecule has 3 rings (SSSR count). The van der Waals surface area contributed by atoms with Crippen LogP contribution < -0.4 is 9.62 Å².